The van der Waals surface area contributed by atoms with Gasteiger partial charge in [-0.3, -0.25) is 0 Å². The Morgan fingerprint density at radius 3 is 0.599 bits per heavy atom. The van der Waals surface area contributed by atoms with E-state index in [4.69, 9.17) is 26.2 Å². The topological polar surface area (TPSA) is 129 Å². The van der Waals surface area contributed by atoms with Gasteiger partial charge in [0.2, 0.25) is 0 Å². The number of benzene rings is 7. The first kappa shape index (κ1) is 107. The van der Waals surface area contributed by atoms with E-state index in [1.807, 2.05) is 90.7 Å². The molecule has 147 heavy (non-hydrogen) atoms. The van der Waals surface area contributed by atoms with Gasteiger partial charge in [0.25, 0.3) is 0 Å². The number of fused-ring (bicyclic) bond motifs is 5. The molecule has 0 aliphatic heterocycles. The fraction of sp³-hybridized carbons (Fsp3) is 0.328. The predicted molar refractivity (Wildman–Crippen MR) is 658 cm³/mol. The van der Waals surface area contributed by atoms with Gasteiger partial charge in [0.15, 0.2) is 0 Å². The standard InChI is InChI=1S/C32H44N2S3.C28H20N2S3.C28H36N2S3.C18H16N2S3.C16H12N2S3/c1-5-7-9-11-13-15-17-25-21-29(35-23(25)3)27-19-20-28(32-31(27)33-37-34-32)30-22-26(24(4)36-30)18-16-14-12-10-8-6-2;1-17-23(19-9-5-3-6-10-19)15-25(31-17)21-13-14-22(28-27(21)29-33-30-28)26-16-24(18(2)32-26)20-11-7-4-8-12-20;1-5-7-9-11-13-21-17-25(31-19(21)3)23-15-16-24(28-27(23)29-33-30-28)26-18-22(20(4)32-26)14-12-10-8-6-2;1-9-7-15(21-11(9)3)13-5-6-14(18-17(13)19-23-20-18)16-8-10(2)12(4)22-16;1-9-3-7-13(19-9)11-5-6-12(14-8-4-10(2)20-14)16-15(11)17-21-18-16/h19-22H,5-18H2,1-4H3;3-16H,1-2H3;15-18H,5-14H2,1-4H3;5-8H,1-4H3;3-8H,1-2H3. The Morgan fingerprint density at radius 1 is 0.170 bits per heavy atom. The average molecular weight is 2220 g/mol. The number of rotatable bonds is 36. The lowest BCUT2D eigenvalue weighted by Crippen LogP contribution is -1.86. The van der Waals surface area contributed by atoms with Crippen molar-refractivity contribution in [2.75, 3.05) is 0 Å². The van der Waals surface area contributed by atoms with Crippen LogP contribution in [-0.4, -0.2) is 43.7 Å². The largest absolute Gasteiger partial charge is 0.172 e. The van der Waals surface area contributed by atoms with Crippen LogP contribution in [0.4, 0.5) is 0 Å². The van der Waals surface area contributed by atoms with E-state index < -0.39 is 0 Å². The molecule has 0 spiro atoms. The average Bonchev–Trinajstić information content (AvgIpc) is 1.63. The Kier molecular flexibility index (Phi) is 37.4. The summed E-state index contributed by atoms with van der Waals surface area (Å²) in [5, 5.41) is 0. The smallest absolute Gasteiger partial charge is 0.114 e. The van der Waals surface area contributed by atoms with Crippen LogP contribution in [0.1, 0.15) is 238 Å². The quantitative estimate of drug-likeness (QED) is 0.0350. The molecule has 15 heterocycles. The van der Waals surface area contributed by atoms with Gasteiger partial charge in [-0.25, -0.2) is 0 Å². The molecular formula is C122H128N10S15. The maximum atomic E-state index is 4.78. The first-order valence-electron chi connectivity index (χ1n) is 52.0. The van der Waals surface area contributed by atoms with Crippen LogP contribution in [0.15, 0.2) is 194 Å². The summed E-state index contributed by atoms with van der Waals surface area (Å²) in [5.41, 5.74) is 36.2. The van der Waals surface area contributed by atoms with Crippen molar-refractivity contribution in [1.29, 1.82) is 0 Å². The number of thiophene rings is 10. The molecule has 0 radical (unpaired) electrons. The Hall–Kier alpha value is -9.36. The van der Waals surface area contributed by atoms with Crippen LogP contribution in [0.25, 0.3) is 182 Å². The summed E-state index contributed by atoms with van der Waals surface area (Å²) >= 11 is 25.2. The molecule has 756 valence electrons. The molecule has 7 aromatic carbocycles. The van der Waals surface area contributed by atoms with Crippen LogP contribution >= 0.6 is 172 Å². The molecule has 0 saturated heterocycles. The third kappa shape index (κ3) is 25.5. The Bertz CT molecular complexity index is 7630. The molecule has 0 aliphatic carbocycles. The van der Waals surface area contributed by atoms with Crippen molar-refractivity contribution in [2.24, 2.45) is 0 Å². The maximum Gasteiger partial charge on any atom is 0.114 e. The second kappa shape index (κ2) is 51.2. The summed E-state index contributed by atoms with van der Waals surface area (Å²) in [7, 11) is 0. The zero-order valence-electron chi connectivity index (χ0n) is 87.0. The van der Waals surface area contributed by atoms with Gasteiger partial charge in [-0.15, -0.1) is 113 Å². The second-order valence-corrected chi connectivity index (χ2v) is 53.7. The minimum atomic E-state index is 0.991. The number of nitrogens with zero attached hydrogens (tertiary/aromatic N) is 10. The molecule has 0 atom stereocenters. The van der Waals surface area contributed by atoms with Gasteiger partial charge in [-0.05, 0) is 263 Å². The highest BCUT2D eigenvalue weighted by Gasteiger charge is 2.26. The molecule has 0 saturated carbocycles. The first-order chi connectivity index (χ1) is 71.7. The maximum absolute atomic E-state index is 4.78. The van der Waals surface area contributed by atoms with E-state index in [0.717, 1.165) is 66.3 Å². The van der Waals surface area contributed by atoms with Crippen LogP contribution in [0.3, 0.4) is 0 Å². The Balaban J connectivity index is 0.000000122. The van der Waals surface area contributed by atoms with E-state index in [9.17, 15) is 0 Å². The van der Waals surface area contributed by atoms with Gasteiger partial charge in [0, 0.05) is 153 Å². The van der Waals surface area contributed by atoms with E-state index in [2.05, 4.69) is 322 Å². The predicted octanol–water partition coefficient (Wildman–Crippen LogP) is 42.8. The molecule has 15 aromatic heterocycles. The van der Waals surface area contributed by atoms with Gasteiger partial charge >= 0.3 is 0 Å². The third-order valence-electron chi connectivity index (χ3n) is 27.8. The normalized spacial score (nSPS) is 11.5. The SMILES string of the molecule is CCCCCCCCc1cc(-c2ccc(-c3cc(CCCCCCCC)c(C)s3)c3nsnc23)sc1C.CCCCCCc1cc(-c2ccc(-c3cc(CCCCCC)c(C)s3)c3nsnc23)sc1C.Cc1cc(-c2ccc(-c3cc(C)c(C)s3)c3nsnc23)sc1C.Cc1ccc(-c2ccc(-c3ccc(C)s3)c3nsnc23)s1.Cc1sc(-c2ccc(-c3cc(-c4ccccc4)c(C)s3)c3nsnc23)cc1-c1ccccc1. The van der Waals surface area contributed by atoms with Gasteiger partial charge in [0.1, 0.15) is 55.2 Å². The van der Waals surface area contributed by atoms with Crippen molar-refractivity contribution >= 4 is 227 Å². The second-order valence-electron chi connectivity index (χ2n) is 38.4. The highest BCUT2D eigenvalue weighted by Crippen LogP contribution is 2.50. The van der Waals surface area contributed by atoms with Crippen molar-refractivity contribution in [3.05, 3.63) is 276 Å². The molecule has 22 aromatic rings. The van der Waals surface area contributed by atoms with Crippen LogP contribution in [0.5, 0.6) is 0 Å². The molecule has 10 nitrogen and oxygen atoms in total. The first-order valence-corrected chi connectivity index (χ1v) is 63.8. The number of hydrogen-bond acceptors (Lipinski definition) is 25. The molecule has 0 fully saturated rings. The van der Waals surface area contributed by atoms with Crippen molar-refractivity contribution in [3.63, 3.8) is 0 Å². The van der Waals surface area contributed by atoms with Crippen molar-refractivity contribution in [3.8, 4) is 127 Å². The van der Waals surface area contributed by atoms with E-state index >= 15 is 0 Å². The summed E-state index contributed by atoms with van der Waals surface area (Å²) < 4.78 is 46.8. The van der Waals surface area contributed by atoms with E-state index in [-0.39, 0.29) is 0 Å². The van der Waals surface area contributed by atoms with Crippen LogP contribution in [0, 0.1) is 83.1 Å². The summed E-state index contributed by atoms with van der Waals surface area (Å²) in [6, 6.07) is 70.9. The van der Waals surface area contributed by atoms with Gasteiger partial charge in [0.05, 0.1) is 58.6 Å². The van der Waals surface area contributed by atoms with Gasteiger partial charge < -0.3 is 0 Å². The molecule has 0 aliphatic rings. The van der Waals surface area contributed by atoms with E-state index in [0.29, 0.717) is 0 Å². The highest BCUT2D eigenvalue weighted by molar-refractivity contribution is 7.19. The van der Waals surface area contributed by atoms with Crippen molar-refractivity contribution in [2.45, 2.75) is 265 Å². The lowest BCUT2D eigenvalue weighted by molar-refractivity contribution is 0.607. The molecule has 0 amide bonds. The van der Waals surface area contributed by atoms with Crippen LogP contribution < -0.4 is 0 Å². The number of aryl methyl sites for hydroxylation is 16. The number of unbranched alkanes of at least 4 members (excludes halogenated alkanes) is 16. The highest BCUT2D eigenvalue weighted by atomic mass is 32.2. The van der Waals surface area contributed by atoms with E-state index in [1.54, 1.807) is 22.7 Å². The van der Waals surface area contributed by atoms with Crippen LogP contribution in [0.2, 0.25) is 0 Å². The zero-order chi connectivity index (χ0) is 102. The fourth-order valence-corrected chi connectivity index (χ4v) is 32.5. The fourth-order valence-electron chi connectivity index (χ4n) is 19.2. The summed E-state index contributed by atoms with van der Waals surface area (Å²) in [6.45, 7) is 35.6. The van der Waals surface area contributed by atoms with E-state index in [1.165, 1.54) is 410 Å². The molecule has 0 N–H and O–H groups in total. The van der Waals surface area contributed by atoms with Crippen LogP contribution in [-0.2, 0) is 25.7 Å². The lowest BCUT2D eigenvalue weighted by Gasteiger charge is -2.04. The zero-order valence-corrected chi connectivity index (χ0v) is 99.3. The minimum Gasteiger partial charge on any atom is -0.172 e. The molecular weight excluding hydrogens is 2090 g/mol. The minimum absolute atomic E-state index is 0.991. The Labute approximate surface area is 929 Å². The Morgan fingerprint density at radius 2 is 0.374 bits per heavy atom. The van der Waals surface area contributed by atoms with Crippen molar-refractivity contribution in [1.82, 2.24) is 43.7 Å². The summed E-state index contributed by atoms with van der Waals surface area (Å²) in [4.78, 5) is 26.7. The monoisotopic (exact) mass is 2210 g/mol. The number of hydrogen-bond donors (Lipinski definition) is 0. The molecule has 22 rings (SSSR count). The molecule has 0 unspecified atom stereocenters. The summed E-state index contributed by atoms with van der Waals surface area (Å²) in [6.07, 6.45) is 31.5. The third-order valence-corrected chi connectivity index (χ3v) is 41.6. The molecule has 25 heteroatoms. The van der Waals surface area contributed by atoms with Gasteiger partial charge in [-0.2, -0.15) is 43.7 Å². The lowest BCUT2D eigenvalue weighted by atomic mass is 10.0. The molecule has 0 bridgehead atoms. The van der Waals surface area contributed by atoms with Crippen molar-refractivity contribution < 1.29 is 0 Å². The van der Waals surface area contributed by atoms with Gasteiger partial charge in [-0.1, -0.05) is 252 Å². The summed E-state index contributed by atoms with van der Waals surface area (Å²) in [5.74, 6) is 0. The number of aromatic nitrogens is 10.